The largest absolute Gasteiger partial charge is 0.398 e. The predicted molar refractivity (Wildman–Crippen MR) is 75.6 cm³/mol. The molecule has 2 rings (SSSR count). The van der Waals surface area contributed by atoms with E-state index in [9.17, 15) is 0 Å². The van der Waals surface area contributed by atoms with Crippen LogP contribution in [-0.2, 0) is 6.42 Å². The van der Waals surface area contributed by atoms with Crippen LogP contribution in [0.2, 0.25) is 0 Å². The minimum Gasteiger partial charge on any atom is -0.398 e. The average Bonchev–Trinajstić information content (AvgIpc) is 2.46. The summed E-state index contributed by atoms with van der Waals surface area (Å²) in [5.41, 5.74) is 8.00. The summed E-state index contributed by atoms with van der Waals surface area (Å²) in [6, 6.07) is 20.3. The van der Waals surface area contributed by atoms with Crippen molar-refractivity contribution >= 4 is 17.0 Å². The third-order valence-electron chi connectivity index (χ3n) is 2.44. The first-order valence-electron chi connectivity index (χ1n) is 5.55. The van der Waals surface area contributed by atoms with Crippen molar-refractivity contribution in [1.82, 2.24) is 0 Å². The summed E-state index contributed by atoms with van der Waals surface area (Å²) >= 11 is 1.74. The van der Waals surface area contributed by atoms with Crippen molar-refractivity contribution in [3.8, 4) is 0 Å². The Morgan fingerprint density at radius 1 is 0.824 bits per heavy atom. The van der Waals surface area contributed by atoms with Gasteiger partial charge in [0.15, 0.2) is 0 Å². The monoisotopic (exact) mass is 241 g/mol. The zero-order chi connectivity index (χ0) is 11.9. The number of nitrogens with two attached hydrogens (primary N) is 1. The maximum atomic E-state index is 5.95. The Morgan fingerprint density at radius 2 is 1.53 bits per heavy atom. The Bertz CT molecular complexity index is 506. The second-order valence-electron chi connectivity index (χ2n) is 3.72. The van der Waals surface area contributed by atoms with Gasteiger partial charge in [0.05, 0.1) is 0 Å². The summed E-state index contributed by atoms with van der Waals surface area (Å²) < 4.78 is 0. The normalized spacial score (nSPS) is 9.65. The average molecular weight is 241 g/mol. The van der Waals surface area contributed by atoms with E-state index in [-0.39, 0.29) is 0 Å². The van der Waals surface area contributed by atoms with Gasteiger partial charge in [0, 0.05) is 17.0 Å². The Morgan fingerprint density at radius 3 is 2.41 bits per heavy atom. The molecular formula is C15H15NS. The molecule has 1 nitrogen and oxygen atoms in total. The molecule has 2 heteroatoms. The molecule has 0 aliphatic rings. The van der Waals surface area contributed by atoms with Gasteiger partial charge in [-0.1, -0.05) is 48.5 Å². The molecule has 0 amide bonds. The van der Waals surface area contributed by atoms with Crippen molar-refractivity contribution in [2.24, 2.45) is 0 Å². The molecule has 0 saturated heterocycles. The quantitative estimate of drug-likeness (QED) is 0.789. The third-order valence-corrected chi connectivity index (χ3v) is 3.32. The maximum Gasteiger partial charge on any atom is 0.0350 e. The molecular weight excluding hydrogens is 226 g/mol. The van der Waals surface area contributed by atoms with E-state index < -0.39 is 0 Å². The van der Waals surface area contributed by atoms with Crippen LogP contribution in [0.3, 0.4) is 0 Å². The smallest absolute Gasteiger partial charge is 0.0350 e. The molecule has 1 aromatic heterocycles. The number of para-hydroxylation sites is 1. The van der Waals surface area contributed by atoms with Gasteiger partial charge < -0.3 is 5.73 Å². The maximum absolute atomic E-state index is 5.95. The van der Waals surface area contributed by atoms with Crippen LogP contribution in [-0.4, -0.2) is 0 Å². The molecule has 0 aliphatic heterocycles. The third kappa shape index (κ3) is 3.61. The van der Waals surface area contributed by atoms with Crippen LogP contribution in [0.4, 0.5) is 5.69 Å². The molecule has 2 N–H and O–H groups in total. The lowest BCUT2D eigenvalue weighted by Gasteiger charge is -2.03. The van der Waals surface area contributed by atoms with Gasteiger partial charge in [-0.05, 0) is 23.1 Å². The highest BCUT2D eigenvalue weighted by Gasteiger charge is 1.98. The molecule has 0 saturated carbocycles. The van der Waals surface area contributed by atoms with Crippen molar-refractivity contribution in [2.75, 3.05) is 5.73 Å². The van der Waals surface area contributed by atoms with Crippen LogP contribution in [0.5, 0.6) is 0 Å². The van der Waals surface area contributed by atoms with Crippen LogP contribution in [0.1, 0.15) is 10.4 Å². The Hall–Kier alpha value is -1.80. The van der Waals surface area contributed by atoms with Crippen molar-refractivity contribution in [1.29, 1.82) is 0 Å². The number of hydrogen-bond donors (Lipinski definition) is 1. The van der Waals surface area contributed by atoms with Gasteiger partial charge in [0.2, 0.25) is 0 Å². The Labute approximate surface area is 106 Å². The molecule has 0 radical (unpaired) electrons. The van der Waals surface area contributed by atoms with E-state index in [4.69, 9.17) is 5.73 Å². The topological polar surface area (TPSA) is 26.0 Å². The lowest BCUT2D eigenvalue weighted by Crippen LogP contribution is -1.93. The molecule has 17 heavy (non-hydrogen) atoms. The van der Waals surface area contributed by atoms with Crippen molar-refractivity contribution < 1.29 is 0 Å². The van der Waals surface area contributed by atoms with Gasteiger partial charge >= 0.3 is 0 Å². The van der Waals surface area contributed by atoms with E-state index in [1.165, 1.54) is 10.4 Å². The number of benzene rings is 1. The van der Waals surface area contributed by atoms with Crippen molar-refractivity contribution in [2.45, 2.75) is 6.42 Å². The highest BCUT2D eigenvalue weighted by Crippen LogP contribution is 2.17. The minimum atomic E-state index is 0.861. The molecule has 1 heterocycles. The summed E-state index contributed by atoms with van der Waals surface area (Å²) in [5.74, 6) is 0. The second kappa shape index (κ2) is 6.06. The lowest BCUT2D eigenvalue weighted by molar-refractivity contribution is 1.24. The highest BCUT2D eigenvalue weighted by molar-refractivity contribution is 7.09. The molecule has 0 fully saturated rings. The molecule has 86 valence electrons. The number of anilines is 1. The van der Waals surface area contributed by atoms with Crippen LogP contribution in [0.15, 0.2) is 66.0 Å². The fraction of sp³-hybridized carbons (Fsp3) is 0.0667. The molecule has 1 aromatic carbocycles. The standard InChI is InChI=1S/C15H15NS/c16-15-10-6-5-8-13(15)12-14-9-4-2-1-3-7-11-17-14/h1-11H,12,16H2. The minimum absolute atomic E-state index is 0.861. The zero-order valence-corrected chi connectivity index (χ0v) is 10.4. The first kappa shape index (κ1) is 11.7. The SMILES string of the molecule is Nc1ccccc1Cc1cccccccs1. The summed E-state index contributed by atoms with van der Waals surface area (Å²) in [7, 11) is 0. The first-order valence-corrected chi connectivity index (χ1v) is 6.43. The van der Waals surface area contributed by atoms with E-state index in [1.807, 2.05) is 42.5 Å². The van der Waals surface area contributed by atoms with Gasteiger partial charge in [0.25, 0.3) is 0 Å². The number of rotatable bonds is 2. The lowest BCUT2D eigenvalue weighted by atomic mass is 10.1. The van der Waals surface area contributed by atoms with E-state index in [0.717, 1.165) is 12.1 Å². The molecule has 0 aliphatic carbocycles. The Balaban J connectivity index is 2.31. The summed E-state index contributed by atoms with van der Waals surface area (Å²) in [6.45, 7) is 0. The van der Waals surface area contributed by atoms with Crippen LogP contribution in [0.25, 0.3) is 0 Å². The van der Waals surface area contributed by atoms with E-state index >= 15 is 0 Å². The molecule has 0 atom stereocenters. The number of hydrogen-bond acceptors (Lipinski definition) is 2. The summed E-state index contributed by atoms with van der Waals surface area (Å²) in [6.07, 6.45) is 0.881. The molecule has 0 spiro atoms. The van der Waals surface area contributed by atoms with E-state index in [0.29, 0.717) is 0 Å². The van der Waals surface area contributed by atoms with Gasteiger partial charge in [-0.25, -0.2) is 0 Å². The fourth-order valence-corrected chi connectivity index (χ4v) is 2.29. The fourth-order valence-electron chi connectivity index (χ4n) is 1.55. The molecule has 0 unspecified atom stereocenters. The van der Waals surface area contributed by atoms with E-state index in [1.54, 1.807) is 11.3 Å². The van der Waals surface area contributed by atoms with Gasteiger partial charge in [-0.3, -0.25) is 0 Å². The second-order valence-corrected chi connectivity index (χ2v) is 4.76. The van der Waals surface area contributed by atoms with Crippen LogP contribution >= 0.6 is 11.3 Å². The molecule has 0 bridgehead atoms. The summed E-state index contributed by atoms with van der Waals surface area (Å²) in [4.78, 5) is 1.29. The van der Waals surface area contributed by atoms with Gasteiger partial charge in [0.1, 0.15) is 0 Å². The van der Waals surface area contributed by atoms with Gasteiger partial charge in [-0.15, -0.1) is 11.3 Å². The predicted octanol–water partition coefficient (Wildman–Crippen LogP) is 4.05. The van der Waals surface area contributed by atoms with Crippen LogP contribution in [0, 0.1) is 0 Å². The summed E-state index contributed by atoms with van der Waals surface area (Å²) in [5, 5.41) is 2.09. The van der Waals surface area contributed by atoms with Crippen molar-refractivity contribution in [3.05, 3.63) is 76.5 Å². The first-order chi connectivity index (χ1) is 8.36. The highest BCUT2D eigenvalue weighted by atomic mass is 32.1. The van der Waals surface area contributed by atoms with Gasteiger partial charge in [-0.2, -0.15) is 0 Å². The molecule has 2 aromatic rings. The zero-order valence-electron chi connectivity index (χ0n) is 9.54. The van der Waals surface area contributed by atoms with Crippen molar-refractivity contribution in [3.63, 3.8) is 0 Å². The number of nitrogen functional groups attached to an aromatic ring is 1. The Kier molecular flexibility index (Phi) is 4.17. The van der Waals surface area contributed by atoms with Crippen LogP contribution < -0.4 is 5.73 Å². The van der Waals surface area contributed by atoms with E-state index in [2.05, 4.69) is 23.6 Å².